The molecule has 0 atom stereocenters. The summed E-state index contributed by atoms with van der Waals surface area (Å²) in [5.74, 6) is 0.0233. The Kier molecular flexibility index (Phi) is 5.44. The van der Waals surface area contributed by atoms with Gasteiger partial charge in [0.2, 0.25) is 0 Å². The standard InChI is InChI=1S/C21H18BrNO/c22-20-14-8-7-13-19(20)21(24)23(15-17-9-3-1-4-10-17)16-18-11-5-2-6-12-18/h1-14H,15-16H2. The molecular weight excluding hydrogens is 362 g/mol. The van der Waals surface area contributed by atoms with E-state index in [4.69, 9.17) is 0 Å². The van der Waals surface area contributed by atoms with Crippen LogP contribution in [0.5, 0.6) is 0 Å². The summed E-state index contributed by atoms with van der Waals surface area (Å²) in [5.41, 5.74) is 2.92. The molecule has 2 nitrogen and oxygen atoms in total. The van der Waals surface area contributed by atoms with Gasteiger partial charge in [-0.25, -0.2) is 0 Å². The highest BCUT2D eigenvalue weighted by molar-refractivity contribution is 9.10. The normalized spacial score (nSPS) is 10.4. The average molecular weight is 380 g/mol. The van der Waals surface area contributed by atoms with E-state index in [1.807, 2.05) is 89.8 Å². The van der Waals surface area contributed by atoms with E-state index in [2.05, 4.69) is 15.9 Å². The second-order valence-corrected chi connectivity index (χ2v) is 6.47. The largest absolute Gasteiger partial charge is 0.330 e. The molecule has 0 saturated heterocycles. The van der Waals surface area contributed by atoms with Crippen LogP contribution in [0.15, 0.2) is 89.4 Å². The average Bonchev–Trinajstić information content (AvgIpc) is 2.63. The number of halogens is 1. The number of carbonyl (C=O) groups is 1. The van der Waals surface area contributed by atoms with Crippen molar-refractivity contribution in [3.8, 4) is 0 Å². The minimum Gasteiger partial charge on any atom is -0.330 e. The van der Waals surface area contributed by atoms with E-state index in [-0.39, 0.29) is 5.91 Å². The van der Waals surface area contributed by atoms with Gasteiger partial charge in [-0.05, 0) is 39.2 Å². The Morgan fingerprint density at radius 3 is 1.67 bits per heavy atom. The van der Waals surface area contributed by atoms with Crippen LogP contribution in [0, 0.1) is 0 Å². The summed E-state index contributed by atoms with van der Waals surface area (Å²) in [6.07, 6.45) is 0. The second-order valence-electron chi connectivity index (χ2n) is 5.61. The molecule has 0 aliphatic carbocycles. The van der Waals surface area contributed by atoms with Gasteiger partial charge in [0.15, 0.2) is 0 Å². The number of amides is 1. The molecule has 3 heteroatoms. The zero-order valence-electron chi connectivity index (χ0n) is 13.2. The summed E-state index contributed by atoms with van der Waals surface area (Å²) in [6, 6.07) is 27.7. The van der Waals surface area contributed by atoms with Crippen molar-refractivity contribution in [2.75, 3.05) is 0 Å². The SMILES string of the molecule is O=C(c1ccccc1Br)N(Cc1ccccc1)Cc1ccccc1. The maximum atomic E-state index is 13.1. The highest BCUT2D eigenvalue weighted by Crippen LogP contribution is 2.20. The van der Waals surface area contributed by atoms with E-state index in [1.54, 1.807) is 0 Å². The lowest BCUT2D eigenvalue weighted by atomic mass is 10.1. The van der Waals surface area contributed by atoms with E-state index < -0.39 is 0 Å². The zero-order chi connectivity index (χ0) is 16.8. The summed E-state index contributed by atoms with van der Waals surface area (Å²) in [5, 5.41) is 0. The fourth-order valence-electron chi connectivity index (χ4n) is 2.61. The highest BCUT2D eigenvalue weighted by Gasteiger charge is 2.18. The molecule has 0 fully saturated rings. The van der Waals surface area contributed by atoms with E-state index in [9.17, 15) is 4.79 Å². The van der Waals surface area contributed by atoms with Crippen LogP contribution >= 0.6 is 15.9 Å². The molecule has 0 aromatic heterocycles. The van der Waals surface area contributed by atoms with Crippen LogP contribution < -0.4 is 0 Å². The van der Waals surface area contributed by atoms with Crippen molar-refractivity contribution in [3.05, 3.63) is 106 Å². The van der Waals surface area contributed by atoms with Gasteiger partial charge in [-0.3, -0.25) is 4.79 Å². The van der Waals surface area contributed by atoms with Crippen molar-refractivity contribution in [2.24, 2.45) is 0 Å². The van der Waals surface area contributed by atoms with Crippen molar-refractivity contribution >= 4 is 21.8 Å². The molecule has 0 radical (unpaired) electrons. The number of benzene rings is 3. The molecule has 3 aromatic carbocycles. The van der Waals surface area contributed by atoms with Crippen molar-refractivity contribution < 1.29 is 4.79 Å². The third kappa shape index (κ3) is 4.12. The van der Waals surface area contributed by atoms with Gasteiger partial charge in [-0.2, -0.15) is 0 Å². The first-order valence-electron chi connectivity index (χ1n) is 7.85. The van der Waals surface area contributed by atoms with Crippen molar-refractivity contribution in [1.29, 1.82) is 0 Å². The number of nitrogens with zero attached hydrogens (tertiary/aromatic N) is 1. The molecule has 0 unspecified atom stereocenters. The molecule has 24 heavy (non-hydrogen) atoms. The van der Waals surface area contributed by atoms with Crippen LogP contribution in [0.3, 0.4) is 0 Å². The third-order valence-electron chi connectivity index (χ3n) is 3.82. The zero-order valence-corrected chi connectivity index (χ0v) is 14.8. The lowest BCUT2D eigenvalue weighted by molar-refractivity contribution is 0.0729. The summed E-state index contributed by atoms with van der Waals surface area (Å²) in [6.45, 7) is 1.16. The molecule has 120 valence electrons. The maximum absolute atomic E-state index is 13.1. The summed E-state index contributed by atoms with van der Waals surface area (Å²) < 4.78 is 0.820. The van der Waals surface area contributed by atoms with Gasteiger partial charge in [0.25, 0.3) is 5.91 Å². The van der Waals surface area contributed by atoms with E-state index in [0.29, 0.717) is 18.7 Å². The Labute approximate surface area is 150 Å². The number of hydrogen-bond donors (Lipinski definition) is 0. The topological polar surface area (TPSA) is 20.3 Å². The summed E-state index contributed by atoms with van der Waals surface area (Å²) in [4.78, 5) is 15.0. The second kappa shape index (κ2) is 7.93. The Balaban J connectivity index is 1.89. The monoisotopic (exact) mass is 379 g/mol. The van der Waals surface area contributed by atoms with Crippen molar-refractivity contribution in [1.82, 2.24) is 4.90 Å². The predicted octanol–water partition coefficient (Wildman–Crippen LogP) is 5.29. The van der Waals surface area contributed by atoms with Gasteiger partial charge >= 0.3 is 0 Å². The van der Waals surface area contributed by atoms with E-state index in [1.165, 1.54) is 0 Å². The number of rotatable bonds is 5. The Hall–Kier alpha value is -2.39. The van der Waals surface area contributed by atoms with Crippen molar-refractivity contribution in [2.45, 2.75) is 13.1 Å². The molecule has 3 rings (SSSR count). The lowest BCUT2D eigenvalue weighted by Gasteiger charge is -2.24. The third-order valence-corrected chi connectivity index (χ3v) is 4.52. The first-order chi connectivity index (χ1) is 11.7. The van der Waals surface area contributed by atoms with Crippen LogP contribution in [-0.2, 0) is 13.1 Å². The first-order valence-corrected chi connectivity index (χ1v) is 8.65. The molecule has 3 aromatic rings. The quantitative estimate of drug-likeness (QED) is 0.589. The Morgan fingerprint density at radius 2 is 1.17 bits per heavy atom. The first kappa shape index (κ1) is 16.5. The molecule has 1 amide bonds. The van der Waals surface area contributed by atoms with Gasteiger partial charge in [0.1, 0.15) is 0 Å². The molecule has 0 spiro atoms. The van der Waals surface area contributed by atoms with Crippen LogP contribution in [0.2, 0.25) is 0 Å². The molecular formula is C21H18BrNO. The van der Waals surface area contributed by atoms with Gasteiger partial charge in [-0.15, -0.1) is 0 Å². The summed E-state index contributed by atoms with van der Waals surface area (Å²) >= 11 is 3.49. The predicted molar refractivity (Wildman–Crippen MR) is 101 cm³/mol. The fraction of sp³-hybridized carbons (Fsp3) is 0.0952. The Bertz CT molecular complexity index is 761. The Morgan fingerprint density at radius 1 is 0.708 bits per heavy atom. The molecule has 0 aliphatic heterocycles. The fourth-order valence-corrected chi connectivity index (χ4v) is 3.07. The van der Waals surface area contributed by atoms with Gasteiger partial charge < -0.3 is 4.90 Å². The number of hydrogen-bond acceptors (Lipinski definition) is 1. The van der Waals surface area contributed by atoms with Gasteiger partial charge in [0.05, 0.1) is 5.56 Å². The van der Waals surface area contributed by atoms with Crippen LogP contribution in [0.1, 0.15) is 21.5 Å². The molecule has 0 heterocycles. The molecule has 0 saturated carbocycles. The molecule has 0 aliphatic rings. The summed E-state index contributed by atoms with van der Waals surface area (Å²) in [7, 11) is 0. The number of carbonyl (C=O) groups excluding carboxylic acids is 1. The van der Waals surface area contributed by atoms with Crippen LogP contribution in [0.25, 0.3) is 0 Å². The van der Waals surface area contributed by atoms with Crippen LogP contribution in [0.4, 0.5) is 0 Å². The van der Waals surface area contributed by atoms with E-state index in [0.717, 1.165) is 15.6 Å². The molecule has 0 bridgehead atoms. The highest BCUT2D eigenvalue weighted by atomic mass is 79.9. The van der Waals surface area contributed by atoms with Gasteiger partial charge in [0, 0.05) is 17.6 Å². The van der Waals surface area contributed by atoms with E-state index >= 15 is 0 Å². The lowest BCUT2D eigenvalue weighted by Crippen LogP contribution is -2.30. The minimum absolute atomic E-state index is 0.0233. The van der Waals surface area contributed by atoms with Gasteiger partial charge in [-0.1, -0.05) is 72.8 Å². The minimum atomic E-state index is 0.0233. The van der Waals surface area contributed by atoms with Crippen molar-refractivity contribution in [3.63, 3.8) is 0 Å². The smallest absolute Gasteiger partial charge is 0.255 e. The maximum Gasteiger partial charge on any atom is 0.255 e. The molecule has 0 N–H and O–H groups in total. The van der Waals surface area contributed by atoms with Crippen LogP contribution in [-0.4, -0.2) is 10.8 Å².